The highest BCUT2D eigenvalue weighted by molar-refractivity contribution is 6.28. The van der Waals surface area contributed by atoms with Crippen molar-refractivity contribution >= 4 is 114 Å². The van der Waals surface area contributed by atoms with Crippen molar-refractivity contribution in [3.63, 3.8) is 0 Å². The predicted molar refractivity (Wildman–Crippen MR) is 272 cm³/mol. The highest BCUT2D eigenvalue weighted by Crippen LogP contribution is 2.46. The summed E-state index contributed by atoms with van der Waals surface area (Å²) in [4.78, 5) is 2.46. The van der Waals surface area contributed by atoms with Crippen molar-refractivity contribution in [1.29, 1.82) is 0 Å². The summed E-state index contributed by atoms with van der Waals surface area (Å²) in [6.45, 7) is 0. The van der Waals surface area contributed by atoms with Crippen LogP contribution >= 0.6 is 0 Å². The van der Waals surface area contributed by atoms with Crippen LogP contribution in [0.5, 0.6) is 0 Å². The van der Waals surface area contributed by atoms with Gasteiger partial charge in [0, 0.05) is 17.1 Å². The number of rotatable bonds is 5. The summed E-state index contributed by atoms with van der Waals surface area (Å²) in [7, 11) is 0. The molecule has 0 bridgehead atoms. The monoisotopic (exact) mass is 795 g/mol. The van der Waals surface area contributed by atoms with Gasteiger partial charge in [0.15, 0.2) is 0 Å². The minimum atomic E-state index is 1.11. The molecule has 0 atom stereocenters. The lowest BCUT2D eigenvalue weighted by Crippen LogP contribution is -2.10. The highest BCUT2D eigenvalue weighted by Gasteiger charge is 2.20. The zero-order valence-electron chi connectivity index (χ0n) is 34.3. The van der Waals surface area contributed by atoms with Crippen molar-refractivity contribution in [2.75, 3.05) is 4.90 Å². The second kappa shape index (κ2) is 13.1. The quantitative estimate of drug-likeness (QED) is 0.157. The van der Waals surface area contributed by atoms with Gasteiger partial charge < -0.3 is 4.90 Å². The molecular weight excluding hydrogens is 759 g/mol. The lowest BCUT2D eigenvalue weighted by atomic mass is 9.89. The van der Waals surface area contributed by atoms with Crippen LogP contribution in [0.4, 0.5) is 17.1 Å². The van der Waals surface area contributed by atoms with Gasteiger partial charge >= 0.3 is 0 Å². The summed E-state index contributed by atoms with van der Waals surface area (Å²) < 4.78 is 0. The minimum Gasteiger partial charge on any atom is -0.310 e. The van der Waals surface area contributed by atoms with Crippen LogP contribution < -0.4 is 4.90 Å². The topological polar surface area (TPSA) is 3.24 Å². The molecule has 0 aromatic heterocycles. The Balaban J connectivity index is 1.00. The zero-order chi connectivity index (χ0) is 41.2. The number of hydrogen-bond acceptors (Lipinski definition) is 1. The van der Waals surface area contributed by atoms with E-state index in [1.807, 2.05) is 0 Å². The maximum Gasteiger partial charge on any atom is 0.0468 e. The second-order valence-corrected chi connectivity index (χ2v) is 17.2. The summed E-state index contributed by atoms with van der Waals surface area (Å²) >= 11 is 0. The zero-order valence-corrected chi connectivity index (χ0v) is 34.3. The van der Waals surface area contributed by atoms with E-state index >= 15 is 0 Å². The lowest BCUT2D eigenvalue weighted by molar-refractivity contribution is 1.29. The number of hydrogen-bond donors (Lipinski definition) is 0. The van der Waals surface area contributed by atoms with Crippen LogP contribution in [0.25, 0.3) is 119 Å². The molecule has 0 saturated carbocycles. The van der Waals surface area contributed by atoms with E-state index in [0.29, 0.717) is 0 Å². The van der Waals surface area contributed by atoms with Crippen molar-refractivity contribution in [2.45, 2.75) is 0 Å². The SMILES string of the molecule is c1cc(-c2ccc3ccc4cccc5ccc2c3c45)cc(N(c2cccc(-c3ccc4ccc5cccc6ccc3c4c56)c2)c2ccc3c4ccccc4c4ccccc4c3c2)c1. The molecule has 0 aliphatic rings. The van der Waals surface area contributed by atoms with Crippen molar-refractivity contribution in [1.82, 2.24) is 0 Å². The molecule has 0 saturated heterocycles. The lowest BCUT2D eigenvalue weighted by Gasteiger charge is -2.27. The Labute approximate surface area is 364 Å². The standard InChI is InChI=1S/C62H37N/c1-2-19-53-51(17-1)52-18-3-4-20-54(52)58-37-48(29-34-55(53)58)63(46-15-7-13-44(35-46)49-30-25-42-23-21-38-9-5-11-40-27-32-56(49)61(42)59(38)40)47-16-8-14-45(36-47)50-31-26-43-24-22-39-10-6-12-41-28-33-57(50)62(43)60(39)41/h1-37H. The fraction of sp³-hybridized carbons (Fsp3) is 0. The van der Waals surface area contributed by atoms with E-state index < -0.39 is 0 Å². The molecule has 0 aliphatic carbocycles. The Morgan fingerprint density at radius 2 is 0.556 bits per heavy atom. The molecule has 0 amide bonds. The van der Waals surface area contributed by atoms with E-state index in [4.69, 9.17) is 0 Å². The van der Waals surface area contributed by atoms with Gasteiger partial charge in [-0.1, -0.05) is 188 Å². The molecule has 14 rings (SSSR count). The number of nitrogens with zero attached hydrogens (tertiary/aromatic N) is 1. The van der Waals surface area contributed by atoms with Crippen LogP contribution in [0.1, 0.15) is 0 Å². The van der Waals surface area contributed by atoms with Crippen molar-refractivity contribution in [2.24, 2.45) is 0 Å². The van der Waals surface area contributed by atoms with Gasteiger partial charge in [-0.05, 0) is 156 Å². The molecule has 63 heavy (non-hydrogen) atoms. The van der Waals surface area contributed by atoms with Gasteiger partial charge in [0.05, 0.1) is 0 Å². The molecule has 14 aromatic carbocycles. The summed E-state index contributed by atoms with van der Waals surface area (Å²) in [6.07, 6.45) is 0. The molecule has 14 aromatic rings. The third kappa shape index (κ3) is 5.05. The Bertz CT molecular complexity index is 3900. The van der Waals surface area contributed by atoms with Gasteiger partial charge in [-0.15, -0.1) is 0 Å². The molecule has 0 heterocycles. The Hall–Kier alpha value is -8.26. The molecular formula is C62H37N. The predicted octanol–water partition coefficient (Wildman–Crippen LogP) is 17.7. The third-order valence-electron chi connectivity index (χ3n) is 13.9. The molecule has 0 N–H and O–H groups in total. The van der Waals surface area contributed by atoms with E-state index in [1.165, 1.54) is 119 Å². The largest absolute Gasteiger partial charge is 0.310 e. The van der Waals surface area contributed by atoms with Gasteiger partial charge in [0.1, 0.15) is 0 Å². The van der Waals surface area contributed by atoms with Crippen LogP contribution in [0.2, 0.25) is 0 Å². The maximum atomic E-state index is 2.46. The van der Waals surface area contributed by atoms with E-state index in [2.05, 4.69) is 229 Å². The number of anilines is 3. The first-order valence-electron chi connectivity index (χ1n) is 21.9. The molecule has 290 valence electrons. The maximum absolute atomic E-state index is 2.46. The van der Waals surface area contributed by atoms with E-state index in [1.54, 1.807) is 0 Å². The molecule has 0 spiro atoms. The van der Waals surface area contributed by atoms with Crippen LogP contribution in [-0.2, 0) is 0 Å². The normalized spacial score (nSPS) is 12.1. The number of fused-ring (bicyclic) bond motifs is 6. The second-order valence-electron chi connectivity index (χ2n) is 17.2. The van der Waals surface area contributed by atoms with Crippen molar-refractivity contribution < 1.29 is 0 Å². The molecule has 1 heteroatoms. The smallest absolute Gasteiger partial charge is 0.0468 e. The van der Waals surface area contributed by atoms with E-state index in [-0.39, 0.29) is 0 Å². The molecule has 0 aliphatic heterocycles. The van der Waals surface area contributed by atoms with Crippen LogP contribution in [-0.4, -0.2) is 0 Å². The van der Waals surface area contributed by atoms with Gasteiger partial charge in [0.25, 0.3) is 0 Å². The third-order valence-corrected chi connectivity index (χ3v) is 13.9. The average Bonchev–Trinajstić information content (AvgIpc) is 3.35. The van der Waals surface area contributed by atoms with Crippen molar-refractivity contribution in [3.05, 3.63) is 224 Å². The van der Waals surface area contributed by atoms with Crippen LogP contribution in [0.15, 0.2) is 224 Å². The molecule has 1 nitrogen and oxygen atoms in total. The first-order chi connectivity index (χ1) is 31.2. The summed E-state index contributed by atoms with van der Waals surface area (Å²) in [5.41, 5.74) is 8.18. The van der Waals surface area contributed by atoms with Gasteiger partial charge in [-0.2, -0.15) is 0 Å². The summed E-state index contributed by atoms with van der Waals surface area (Å²) in [6, 6.07) is 83.8. The fourth-order valence-corrected chi connectivity index (χ4v) is 11.1. The molecule has 0 radical (unpaired) electrons. The van der Waals surface area contributed by atoms with Gasteiger partial charge in [-0.3, -0.25) is 0 Å². The molecule has 0 fully saturated rings. The number of benzene rings is 14. The Morgan fingerprint density at radius 3 is 1.03 bits per heavy atom. The minimum absolute atomic E-state index is 1.11. The highest BCUT2D eigenvalue weighted by atomic mass is 15.1. The van der Waals surface area contributed by atoms with Crippen LogP contribution in [0.3, 0.4) is 0 Å². The fourth-order valence-electron chi connectivity index (χ4n) is 11.1. The van der Waals surface area contributed by atoms with Gasteiger partial charge in [0.2, 0.25) is 0 Å². The first-order valence-corrected chi connectivity index (χ1v) is 21.9. The van der Waals surface area contributed by atoms with Crippen molar-refractivity contribution in [3.8, 4) is 22.3 Å². The molecule has 0 unspecified atom stereocenters. The summed E-state index contributed by atoms with van der Waals surface area (Å²) in [5, 5.41) is 23.2. The first kappa shape index (κ1) is 34.5. The average molecular weight is 796 g/mol. The van der Waals surface area contributed by atoms with Gasteiger partial charge in [-0.25, -0.2) is 0 Å². The van der Waals surface area contributed by atoms with Crippen LogP contribution in [0, 0.1) is 0 Å². The Morgan fingerprint density at radius 1 is 0.206 bits per heavy atom. The van der Waals surface area contributed by atoms with E-state index in [9.17, 15) is 0 Å². The summed E-state index contributed by atoms with van der Waals surface area (Å²) in [5.74, 6) is 0. The Kier molecular flexibility index (Phi) is 7.17. The van der Waals surface area contributed by atoms with E-state index in [0.717, 1.165) is 17.1 Å².